The Balaban J connectivity index is 3.49. The average molecular weight is 163 g/mol. The van der Waals surface area contributed by atoms with Crippen LogP contribution in [-0.4, -0.2) is 21.3 Å². The van der Waals surface area contributed by atoms with Crippen LogP contribution in [0.25, 0.3) is 0 Å². The molecule has 0 aromatic heterocycles. The zero-order valence-electron chi connectivity index (χ0n) is 5.14. The largest absolute Gasteiger partial charge is 0.485 e. The molecule has 0 radical (unpaired) electrons. The first-order chi connectivity index (χ1) is 4.56. The highest BCUT2D eigenvalue weighted by Gasteiger charge is 2.24. The van der Waals surface area contributed by atoms with Crippen molar-refractivity contribution in [2.75, 3.05) is 6.61 Å². The van der Waals surface area contributed by atoms with Crippen molar-refractivity contribution in [3.63, 3.8) is 0 Å². The van der Waals surface area contributed by atoms with E-state index >= 15 is 0 Å². The summed E-state index contributed by atoms with van der Waals surface area (Å²) in [6.45, 7) is 0.0382. The molecule has 3 N–H and O–H groups in total. The third-order valence-corrected chi connectivity index (χ3v) is 1.05. The van der Waals surface area contributed by atoms with Crippen molar-refractivity contribution in [2.45, 2.75) is 0 Å². The summed E-state index contributed by atoms with van der Waals surface area (Å²) in [5.74, 6) is 2.90. The van der Waals surface area contributed by atoms with E-state index in [1.165, 1.54) is 0 Å². The molecular weight excluding hydrogens is 155 g/mol. The molecule has 56 valence electrons. The van der Waals surface area contributed by atoms with Crippen LogP contribution in [0.2, 0.25) is 0 Å². The maximum atomic E-state index is 8.32. The Hall–Kier alpha value is -0.590. The Morgan fingerprint density at radius 2 is 2.10 bits per heavy atom. The Bertz CT molecular complexity index is 152. The maximum absolute atomic E-state index is 8.32. The van der Waals surface area contributed by atoms with Gasteiger partial charge >= 0.3 is 7.94 Å². The van der Waals surface area contributed by atoms with Gasteiger partial charge in [-0.1, -0.05) is 5.92 Å². The average Bonchev–Trinajstić information content (AvgIpc) is 1.78. The molecule has 0 saturated heterocycles. The van der Waals surface area contributed by atoms with Gasteiger partial charge < -0.3 is 4.74 Å². The van der Waals surface area contributed by atoms with E-state index in [4.69, 9.17) is 21.1 Å². The van der Waals surface area contributed by atoms with Gasteiger partial charge in [-0.25, -0.2) is 0 Å². The lowest BCUT2D eigenvalue weighted by atomic mass is 10.8. The number of hydrogen-bond acceptors (Lipinski definition) is 4. The molecule has 10 heavy (non-hydrogen) atoms. The minimum Gasteiger partial charge on any atom is -0.485 e. The Morgan fingerprint density at radius 1 is 1.50 bits per heavy atom. The molecule has 0 rings (SSSR count). The first-order valence-electron chi connectivity index (χ1n) is 2.36. The predicted molar refractivity (Wildman–Crippen MR) is 37.5 cm³/mol. The molecule has 0 fully saturated rings. The highest BCUT2D eigenvalue weighted by Crippen LogP contribution is 2.45. The third-order valence-electron chi connectivity index (χ3n) is 0.524. The van der Waals surface area contributed by atoms with Crippen LogP contribution in [0, 0.1) is 12.3 Å². The van der Waals surface area contributed by atoms with E-state index in [-0.39, 0.29) is 6.61 Å². The zero-order chi connectivity index (χ0) is 8.04. The number of hydrogen-bond donors (Lipinski definition) is 3. The SMILES string of the molecule is C#CCOC=C[P+](O)(O)O. The second kappa shape index (κ2) is 4.26. The molecule has 0 aromatic rings. The lowest BCUT2D eigenvalue weighted by Crippen LogP contribution is -1.84. The van der Waals surface area contributed by atoms with E-state index in [0.717, 1.165) is 12.1 Å². The van der Waals surface area contributed by atoms with Crippen molar-refractivity contribution >= 4 is 7.94 Å². The topological polar surface area (TPSA) is 69.9 Å². The standard InChI is InChI=1S/C5H8O4P/c1-2-3-9-4-5-10(6,7)8/h1,4-8H,3H2/q+1. The molecule has 0 saturated carbocycles. The first-order valence-corrected chi connectivity index (χ1v) is 4.07. The van der Waals surface area contributed by atoms with Crippen LogP contribution in [-0.2, 0) is 4.74 Å². The van der Waals surface area contributed by atoms with Gasteiger partial charge in [0.25, 0.3) is 0 Å². The molecule has 0 unspecified atom stereocenters. The van der Waals surface area contributed by atoms with Crippen LogP contribution in [0.4, 0.5) is 0 Å². The minimum absolute atomic E-state index is 0.0382. The maximum Gasteiger partial charge on any atom is 0.436 e. The summed E-state index contributed by atoms with van der Waals surface area (Å²) >= 11 is 0. The van der Waals surface area contributed by atoms with E-state index in [0.29, 0.717) is 0 Å². The normalized spacial score (nSPS) is 11.4. The van der Waals surface area contributed by atoms with Gasteiger partial charge in [-0.3, -0.25) is 0 Å². The monoisotopic (exact) mass is 163 g/mol. The summed E-state index contributed by atoms with van der Waals surface area (Å²) < 4.78 is 4.49. The second-order valence-corrected chi connectivity index (χ2v) is 2.94. The fourth-order valence-corrected chi connectivity index (χ4v) is 0.470. The van der Waals surface area contributed by atoms with Gasteiger partial charge in [0, 0.05) is 0 Å². The number of rotatable bonds is 3. The molecule has 0 aliphatic heterocycles. The van der Waals surface area contributed by atoms with Gasteiger partial charge in [0.15, 0.2) is 5.82 Å². The number of ether oxygens (including phenoxy) is 1. The van der Waals surface area contributed by atoms with Crippen molar-refractivity contribution < 1.29 is 19.4 Å². The summed E-state index contributed by atoms with van der Waals surface area (Å²) in [5.41, 5.74) is 0. The third kappa shape index (κ3) is 7.41. The predicted octanol–water partition coefficient (Wildman–Crippen LogP) is -0.153. The van der Waals surface area contributed by atoms with Crippen LogP contribution in [0.1, 0.15) is 0 Å². The summed E-state index contributed by atoms with van der Waals surface area (Å²) in [4.78, 5) is 25.0. The molecule has 5 heteroatoms. The molecule has 0 amide bonds. The first kappa shape index (κ1) is 9.41. The fraction of sp³-hybridized carbons (Fsp3) is 0.200. The highest BCUT2D eigenvalue weighted by molar-refractivity contribution is 7.61. The van der Waals surface area contributed by atoms with Gasteiger partial charge in [-0.05, 0) is 0 Å². The molecule has 0 aliphatic carbocycles. The highest BCUT2D eigenvalue weighted by atomic mass is 31.2. The molecule has 0 spiro atoms. The van der Waals surface area contributed by atoms with Crippen LogP contribution in [0.15, 0.2) is 12.1 Å². The smallest absolute Gasteiger partial charge is 0.436 e. The van der Waals surface area contributed by atoms with Crippen molar-refractivity contribution in [3.05, 3.63) is 12.1 Å². The van der Waals surface area contributed by atoms with Crippen molar-refractivity contribution in [3.8, 4) is 12.3 Å². The molecule has 0 aromatic carbocycles. The molecule has 4 nitrogen and oxygen atoms in total. The van der Waals surface area contributed by atoms with Crippen molar-refractivity contribution in [2.24, 2.45) is 0 Å². The Morgan fingerprint density at radius 3 is 2.50 bits per heavy atom. The van der Waals surface area contributed by atoms with Gasteiger partial charge in [0.05, 0.1) is 0 Å². The molecule has 0 atom stereocenters. The molecule has 0 aliphatic rings. The fourth-order valence-electron chi connectivity index (χ4n) is 0.221. The van der Waals surface area contributed by atoms with Gasteiger partial charge in [0.1, 0.15) is 12.9 Å². The van der Waals surface area contributed by atoms with Crippen molar-refractivity contribution in [1.82, 2.24) is 0 Å². The second-order valence-electron chi connectivity index (χ2n) is 1.42. The van der Waals surface area contributed by atoms with Crippen LogP contribution >= 0.6 is 7.94 Å². The van der Waals surface area contributed by atoms with Gasteiger partial charge in [0.2, 0.25) is 0 Å². The minimum atomic E-state index is -3.83. The van der Waals surface area contributed by atoms with Gasteiger partial charge in [-0.2, -0.15) is 14.7 Å². The lowest BCUT2D eigenvalue weighted by molar-refractivity contribution is 0.292. The van der Waals surface area contributed by atoms with Crippen LogP contribution in [0.3, 0.4) is 0 Å². The number of terminal acetylenes is 1. The van der Waals surface area contributed by atoms with Gasteiger partial charge in [-0.15, -0.1) is 6.42 Å². The van der Waals surface area contributed by atoms with E-state index < -0.39 is 7.94 Å². The van der Waals surface area contributed by atoms with E-state index in [1.54, 1.807) is 0 Å². The summed E-state index contributed by atoms with van der Waals surface area (Å²) in [7, 11) is -3.83. The quantitative estimate of drug-likeness (QED) is 0.234. The summed E-state index contributed by atoms with van der Waals surface area (Å²) in [6.07, 6.45) is 5.74. The molecule has 0 bridgehead atoms. The zero-order valence-corrected chi connectivity index (χ0v) is 6.03. The van der Waals surface area contributed by atoms with Crippen LogP contribution in [0.5, 0.6) is 0 Å². The molecular formula is C5H8O4P+. The Labute approximate surface area is 59.3 Å². The van der Waals surface area contributed by atoms with Crippen LogP contribution < -0.4 is 0 Å². The van der Waals surface area contributed by atoms with Crippen molar-refractivity contribution in [1.29, 1.82) is 0 Å². The summed E-state index contributed by atoms with van der Waals surface area (Å²) in [5, 5.41) is 0. The van der Waals surface area contributed by atoms with E-state index in [1.807, 2.05) is 0 Å². The molecule has 0 heterocycles. The Kier molecular flexibility index (Phi) is 4.01. The lowest BCUT2D eigenvalue weighted by Gasteiger charge is -1.94. The summed E-state index contributed by atoms with van der Waals surface area (Å²) in [6, 6.07) is 0. The van der Waals surface area contributed by atoms with E-state index in [2.05, 4.69) is 10.7 Å². The van der Waals surface area contributed by atoms with E-state index in [9.17, 15) is 0 Å².